The average Bonchev–Trinajstić information content (AvgIpc) is 2.28. The summed E-state index contributed by atoms with van der Waals surface area (Å²) in [4.78, 5) is 2.58. The molecule has 1 aromatic rings. The van der Waals surface area contributed by atoms with Gasteiger partial charge in [0.15, 0.2) is 0 Å². The number of nitrogens with zero attached hydrogens (tertiary/aromatic N) is 1. The van der Waals surface area contributed by atoms with Crippen LogP contribution in [0.5, 0.6) is 0 Å². The number of likely N-dealkylation sites (tertiary alicyclic amines) is 1. The molecule has 2 heteroatoms. The lowest BCUT2D eigenvalue weighted by atomic mass is 9.86. The third-order valence-electron chi connectivity index (χ3n) is 3.67. The van der Waals surface area contributed by atoms with Crippen LogP contribution in [-0.2, 0) is 6.54 Å². The van der Waals surface area contributed by atoms with E-state index in [0.717, 1.165) is 18.9 Å². The molecule has 1 unspecified atom stereocenters. The van der Waals surface area contributed by atoms with E-state index < -0.39 is 0 Å². The molecule has 0 radical (unpaired) electrons. The van der Waals surface area contributed by atoms with Crippen molar-refractivity contribution < 1.29 is 0 Å². The molecule has 100 valence electrons. The van der Waals surface area contributed by atoms with Gasteiger partial charge >= 0.3 is 0 Å². The monoisotopic (exact) mass is 246 g/mol. The van der Waals surface area contributed by atoms with Crippen molar-refractivity contribution in [1.82, 2.24) is 4.90 Å². The van der Waals surface area contributed by atoms with Crippen molar-refractivity contribution in [2.75, 3.05) is 13.1 Å². The predicted molar refractivity (Wildman–Crippen MR) is 77.3 cm³/mol. The van der Waals surface area contributed by atoms with Gasteiger partial charge in [0.1, 0.15) is 0 Å². The fourth-order valence-corrected chi connectivity index (χ4v) is 3.05. The normalized spacial score (nSPS) is 22.1. The Bertz CT molecular complexity index is 353. The molecule has 0 saturated carbocycles. The molecule has 0 aliphatic carbocycles. The molecule has 0 bridgehead atoms. The molecule has 1 atom stereocenters. The molecule has 1 heterocycles. The smallest absolute Gasteiger partial charge is 0.0233 e. The molecular formula is C16H26N2. The summed E-state index contributed by atoms with van der Waals surface area (Å²) in [5.74, 6) is 0.766. The second-order valence-electron chi connectivity index (χ2n) is 6.42. The molecule has 1 saturated heterocycles. The van der Waals surface area contributed by atoms with Crippen LogP contribution < -0.4 is 5.73 Å². The number of benzene rings is 1. The van der Waals surface area contributed by atoms with Gasteiger partial charge in [-0.25, -0.2) is 0 Å². The van der Waals surface area contributed by atoms with E-state index in [1.807, 2.05) is 0 Å². The summed E-state index contributed by atoms with van der Waals surface area (Å²) in [5, 5.41) is 0. The van der Waals surface area contributed by atoms with Gasteiger partial charge in [-0.05, 0) is 51.1 Å². The van der Waals surface area contributed by atoms with Crippen LogP contribution in [0.2, 0.25) is 0 Å². The minimum absolute atomic E-state index is 0.0274. The minimum atomic E-state index is -0.0274. The number of hydrogen-bond donors (Lipinski definition) is 1. The van der Waals surface area contributed by atoms with Crippen LogP contribution in [0, 0.1) is 5.92 Å². The highest BCUT2D eigenvalue weighted by Crippen LogP contribution is 2.25. The van der Waals surface area contributed by atoms with Gasteiger partial charge in [-0.3, -0.25) is 4.90 Å². The summed E-state index contributed by atoms with van der Waals surface area (Å²) in [7, 11) is 0. The molecule has 0 aromatic heterocycles. The molecule has 2 rings (SSSR count). The van der Waals surface area contributed by atoms with Gasteiger partial charge in [-0.1, -0.05) is 30.3 Å². The zero-order valence-electron chi connectivity index (χ0n) is 11.7. The quantitative estimate of drug-likeness (QED) is 0.885. The van der Waals surface area contributed by atoms with Crippen molar-refractivity contribution in [1.29, 1.82) is 0 Å². The molecule has 0 spiro atoms. The second-order valence-corrected chi connectivity index (χ2v) is 6.42. The third-order valence-corrected chi connectivity index (χ3v) is 3.67. The Balaban J connectivity index is 1.87. The zero-order valence-corrected chi connectivity index (χ0v) is 11.7. The van der Waals surface area contributed by atoms with E-state index in [2.05, 4.69) is 49.1 Å². The molecule has 18 heavy (non-hydrogen) atoms. The molecular weight excluding hydrogens is 220 g/mol. The first-order valence-corrected chi connectivity index (χ1v) is 7.08. The Hall–Kier alpha value is -0.860. The van der Waals surface area contributed by atoms with Gasteiger partial charge in [-0.15, -0.1) is 0 Å². The Labute approximate surface area is 111 Å². The largest absolute Gasteiger partial charge is 0.326 e. The van der Waals surface area contributed by atoms with E-state index in [4.69, 9.17) is 5.73 Å². The zero-order chi connectivity index (χ0) is 13.0. The highest BCUT2D eigenvalue weighted by molar-refractivity contribution is 5.14. The topological polar surface area (TPSA) is 29.3 Å². The highest BCUT2D eigenvalue weighted by Gasteiger charge is 2.24. The van der Waals surface area contributed by atoms with E-state index in [1.54, 1.807) is 0 Å². The van der Waals surface area contributed by atoms with Gasteiger partial charge in [-0.2, -0.15) is 0 Å². The molecule has 2 nitrogen and oxygen atoms in total. The maximum Gasteiger partial charge on any atom is 0.0233 e. The fraction of sp³-hybridized carbons (Fsp3) is 0.625. The maximum absolute atomic E-state index is 6.15. The van der Waals surface area contributed by atoms with E-state index in [0.29, 0.717) is 0 Å². The Morgan fingerprint density at radius 2 is 2.00 bits per heavy atom. The summed E-state index contributed by atoms with van der Waals surface area (Å²) in [6.45, 7) is 7.81. The van der Waals surface area contributed by atoms with Crippen LogP contribution >= 0.6 is 0 Å². The lowest BCUT2D eigenvalue weighted by molar-refractivity contribution is 0.148. The second kappa shape index (κ2) is 5.85. The van der Waals surface area contributed by atoms with Crippen molar-refractivity contribution >= 4 is 0 Å². The van der Waals surface area contributed by atoms with Gasteiger partial charge < -0.3 is 5.73 Å². The van der Waals surface area contributed by atoms with Gasteiger partial charge in [0, 0.05) is 18.6 Å². The molecule has 1 fully saturated rings. The lowest BCUT2D eigenvalue weighted by Crippen LogP contribution is -2.41. The van der Waals surface area contributed by atoms with E-state index in [1.165, 1.54) is 31.5 Å². The SMILES string of the molecule is CC(C)(N)CC1CCCN(Cc2ccccc2)C1. The Kier molecular flexibility index (Phi) is 4.41. The summed E-state index contributed by atoms with van der Waals surface area (Å²) >= 11 is 0. The number of piperidine rings is 1. The fourth-order valence-electron chi connectivity index (χ4n) is 3.05. The first-order valence-electron chi connectivity index (χ1n) is 7.08. The molecule has 1 aromatic carbocycles. The summed E-state index contributed by atoms with van der Waals surface area (Å²) in [6.07, 6.45) is 3.79. The van der Waals surface area contributed by atoms with Crippen molar-refractivity contribution in [2.24, 2.45) is 11.7 Å². The van der Waals surface area contributed by atoms with Crippen LogP contribution in [0.1, 0.15) is 38.7 Å². The molecule has 0 amide bonds. The number of hydrogen-bond acceptors (Lipinski definition) is 2. The summed E-state index contributed by atoms with van der Waals surface area (Å²) < 4.78 is 0. The van der Waals surface area contributed by atoms with Crippen molar-refractivity contribution in [2.45, 2.75) is 45.2 Å². The third kappa shape index (κ3) is 4.43. The standard InChI is InChI=1S/C16H26N2/c1-16(2,17)11-15-9-6-10-18(13-15)12-14-7-4-3-5-8-14/h3-5,7-8,15H,6,9-13,17H2,1-2H3. The predicted octanol–water partition coefficient (Wildman–Crippen LogP) is 3.03. The van der Waals surface area contributed by atoms with E-state index >= 15 is 0 Å². The first kappa shape index (κ1) is 13.6. The van der Waals surface area contributed by atoms with E-state index in [9.17, 15) is 0 Å². The molecule has 2 N–H and O–H groups in total. The van der Waals surface area contributed by atoms with Crippen LogP contribution in [0.25, 0.3) is 0 Å². The van der Waals surface area contributed by atoms with Crippen molar-refractivity contribution in [3.63, 3.8) is 0 Å². The van der Waals surface area contributed by atoms with Gasteiger partial charge in [0.05, 0.1) is 0 Å². The summed E-state index contributed by atoms with van der Waals surface area (Å²) in [5.41, 5.74) is 7.54. The molecule has 1 aliphatic heterocycles. The lowest BCUT2D eigenvalue weighted by Gasteiger charge is -2.35. The highest BCUT2D eigenvalue weighted by atomic mass is 15.1. The Morgan fingerprint density at radius 3 is 2.67 bits per heavy atom. The summed E-state index contributed by atoms with van der Waals surface area (Å²) in [6, 6.07) is 10.8. The van der Waals surface area contributed by atoms with Crippen molar-refractivity contribution in [3.05, 3.63) is 35.9 Å². The Morgan fingerprint density at radius 1 is 1.28 bits per heavy atom. The maximum atomic E-state index is 6.15. The molecule has 1 aliphatic rings. The number of rotatable bonds is 4. The van der Waals surface area contributed by atoms with Crippen LogP contribution in [0.3, 0.4) is 0 Å². The van der Waals surface area contributed by atoms with Gasteiger partial charge in [0.2, 0.25) is 0 Å². The first-order chi connectivity index (χ1) is 8.53. The van der Waals surface area contributed by atoms with Gasteiger partial charge in [0.25, 0.3) is 0 Å². The minimum Gasteiger partial charge on any atom is -0.326 e. The van der Waals surface area contributed by atoms with Crippen LogP contribution in [0.4, 0.5) is 0 Å². The van der Waals surface area contributed by atoms with Crippen molar-refractivity contribution in [3.8, 4) is 0 Å². The average molecular weight is 246 g/mol. The van der Waals surface area contributed by atoms with Crippen LogP contribution in [0.15, 0.2) is 30.3 Å². The van der Waals surface area contributed by atoms with Crippen LogP contribution in [-0.4, -0.2) is 23.5 Å². The number of nitrogens with two attached hydrogens (primary N) is 1. The van der Waals surface area contributed by atoms with E-state index in [-0.39, 0.29) is 5.54 Å².